The Labute approximate surface area is 74.7 Å². The monoisotopic (exact) mass is 204 g/mol. The molecule has 0 aliphatic heterocycles. The molecule has 0 atom stereocenters. The zero-order valence-electron chi connectivity index (χ0n) is 6.84. The van der Waals surface area contributed by atoms with Crippen molar-refractivity contribution in [3.05, 3.63) is 18.2 Å². The lowest BCUT2D eigenvalue weighted by Gasteiger charge is -2.01. The lowest BCUT2D eigenvalue weighted by molar-refractivity contribution is 0.0686. The summed E-state index contributed by atoms with van der Waals surface area (Å²) in [6, 6.07) is 0. The van der Waals surface area contributed by atoms with Crippen LogP contribution in [-0.2, 0) is 15.7 Å². The fourth-order valence-electron chi connectivity index (χ4n) is 0.854. The van der Waals surface area contributed by atoms with Gasteiger partial charge in [-0.05, 0) is 0 Å². The van der Waals surface area contributed by atoms with E-state index >= 15 is 0 Å². The molecule has 0 spiro atoms. The van der Waals surface area contributed by atoms with Gasteiger partial charge in [-0.2, -0.15) is 0 Å². The summed E-state index contributed by atoms with van der Waals surface area (Å²) in [7, 11) is -3.24. The molecule has 1 heterocycles. The third-order valence-electron chi connectivity index (χ3n) is 1.31. The first kappa shape index (κ1) is 9.72. The van der Waals surface area contributed by atoms with Crippen molar-refractivity contribution in [1.29, 1.82) is 0 Å². The highest BCUT2D eigenvalue weighted by atomic mass is 32.2. The molecule has 0 fully saturated rings. The Morgan fingerprint density at radius 1 is 1.69 bits per heavy atom. The third-order valence-corrected chi connectivity index (χ3v) is 2.05. The van der Waals surface area contributed by atoms with Crippen molar-refractivity contribution < 1.29 is 18.3 Å². The Balaban J connectivity index is 3.02. The first-order valence-corrected chi connectivity index (χ1v) is 5.37. The van der Waals surface area contributed by atoms with Gasteiger partial charge in [0.25, 0.3) is 0 Å². The number of aromatic nitrogens is 2. The summed E-state index contributed by atoms with van der Waals surface area (Å²) < 4.78 is 22.7. The maximum absolute atomic E-state index is 10.8. The highest BCUT2D eigenvalue weighted by Gasteiger charge is 2.12. The van der Waals surface area contributed by atoms with Gasteiger partial charge in [0.1, 0.15) is 11.6 Å². The van der Waals surface area contributed by atoms with Crippen LogP contribution in [0.2, 0.25) is 0 Å². The molecule has 1 N–H and O–H groups in total. The smallest absolute Gasteiger partial charge is 0.354 e. The molecule has 0 radical (unpaired) electrons. The van der Waals surface area contributed by atoms with Crippen LogP contribution in [0.4, 0.5) is 0 Å². The van der Waals surface area contributed by atoms with Crippen LogP contribution in [0.3, 0.4) is 0 Å². The summed E-state index contributed by atoms with van der Waals surface area (Å²) in [5.41, 5.74) is -0.134. The third kappa shape index (κ3) is 2.55. The number of carboxylic acids is 1. The first-order valence-electron chi connectivity index (χ1n) is 3.31. The van der Waals surface area contributed by atoms with Crippen molar-refractivity contribution in [3.63, 3.8) is 0 Å². The number of aromatic carboxylic acids is 1. The molecule has 0 saturated carbocycles. The maximum atomic E-state index is 10.8. The van der Waals surface area contributed by atoms with Gasteiger partial charge in [-0.25, -0.2) is 18.2 Å². The van der Waals surface area contributed by atoms with Crippen LogP contribution in [0, 0.1) is 0 Å². The van der Waals surface area contributed by atoms with E-state index in [2.05, 4.69) is 4.98 Å². The molecular weight excluding hydrogens is 196 g/mol. The minimum absolute atomic E-state index is 0.134. The van der Waals surface area contributed by atoms with E-state index in [1.807, 2.05) is 0 Å². The minimum atomic E-state index is -3.24. The molecule has 13 heavy (non-hydrogen) atoms. The number of nitrogens with zero attached hydrogens (tertiary/aromatic N) is 2. The van der Waals surface area contributed by atoms with Crippen molar-refractivity contribution >= 4 is 15.8 Å². The van der Waals surface area contributed by atoms with Gasteiger partial charge in [0.2, 0.25) is 0 Å². The lowest BCUT2D eigenvalue weighted by Crippen LogP contribution is -2.13. The molecular formula is C6H8N2O4S. The van der Waals surface area contributed by atoms with Gasteiger partial charge in [0.15, 0.2) is 9.84 Å². The fraction of sp³-hybridized carbons (Fsp3) is 0.333. The molecule has 0 aliphatic carbocycles. The van der Waals surface area contributed by atoms with E-state index < -0.39 is 15.8 Å². The second kappa shape index (κ2) is 3.17. The fourth-order valence-corrected chi connectivity index (χ4v) is 1.57. The topological polar surface area (TPSA) is 89.3 Å². The summed E-state index contributed by atoms with van der Waals surface area (Å²) in [5, 5.41) is 8.60. The highest BCUT2D eigenvalue weighted by molar-refractivity contribution is 7.89. The SMILES string of the molecule is CS(=O)(=O)Cn1cncc1C(=O)O. The Morgan fingerprint density at radius 3 is 2.77 bits per heavy atom. The number of sulfone groups is 1. The van der Waals surface area contributed by atoms with Gasteiger partial charge in [-0.15, -0.1) is 0 Å². The van der Waals surface area contributed by atoms with Crippen LogP contribution in [0.25, 0.3) is 0 Å². The van der Waals surface area contributed by atoms with Crippen molar-refractivity contribution in [1.82, 2.24) is 9.55 Å². The Kier molecular flexibility index (Phi) is 2.37. The van der Waals surface area contributed by atoms with Crippen LogP contribution in [0.5, 0.6) is 0 Å². The van der Waals surface area contributed by atoms with E-state index in [1.165, 1.54) is 6.33 Å². The highest BCUT2D eigenvalue weighted by Crippen LogP contribution is 2.01. The Bertz CT molecular complexity index is 420. The van der Waals surface area contributed by atoms with E-state index in [4.69, 9.17) is 5.11 Å². The molecule has 0 amide bonds. The number of carbonyl (C=O) groups is 1. The van der Waals surface area contributed by atoms with Crippen LogP contribution in [-0.4, -0.2) is 35.3 Å². The largest absolute Gasteiger partial charge is 0.477 e. The molecule has 6 nitrogen and oxygen atoms in total. The molecule has 1 aromatic rings. The van der Waals surface area contributed by atoms with Crippen LogP contribution < -0.4 is 0 Å². The molecule has 1 rings (SSSR count). The standard InChI is InChI=1S/C6H8N2O4S/c1-13(11,12)4-8-3-7-2-5(8)6(9)10/h2-3H,4H2,1H3,(H,9,10). The normalized spacial score (nSPS) is 11.5. The zero-order chi connectivity index (χ0) is 10.1. The summed E-state index contributed by atoms with van der Waals surface area (Å²) in [5.74, 6) is -1.56. The Morgan fingerprint density at radius 2 is 2.31 bits per heavy atom. The molecule has 0 bridgehead atoms. The average molecular weight is 204 g/mol. The minimum Gasteiger partial charge on any atom is -0.477 e. The molecule has 1 aromatic heterocycles. The molecule has 0 saturated heterocycles. The van der Waals surface area contributed by atoms with Gasteiger partial charge < -0.3 is 9.67 Å². The zero-order valence-corrected chi connectivity index (χ0v) is 7.65. The summed E-state index contributed by atoms with van der Waals surface area (Å²) in [4.78, 5) is 14.1. The maximum Gasteiger partial charge on any atom is 0.354 e. The number of hydrogen-bond donors (Lipinski definition) is 1. The van der Waals surface area contributed by atoms with E-state index in [0.717, 1.165) is 17.0 Å². The van der Waals surface area contributed by atoms with Crippen LogP contribution in [0.1, 0.15) is 10.5 Å². The molecule has 0 aromatic carbocycles. The van der Waals surface area contributed by atoms with E-state index in [0.29, 0.717) is 0 Å². The summed E-state index contributed by atoms with van der Waals surface area (Å²) in [6.07, 6.45) is 3.30. The van der Waals surface area contributed by atoms with Gasteiger partial charge in [0, 0.05) is 6.26 Å². The van der Waals surface area contributed by atoms with Crippen molar-refractivity contribution in [2.24, 2.45) is 0 Å². The second-order valence-electron chi connectivity index (χ2n) is 2.61. The second-order valence-corrected chi connectivity index (χ2v) is 4.72. The van der Waals surface area contributed by atoms with Crippen LogP contribution >= 0.6 is 0 Å². The predicted octanol–water partition coefficient (Wildman–Crippen LogP) is -0.417. The quantitative estimate of drug-likeness (QED) is 0.722. The van der Waals surface area contributed by atoms with Crippen molar-refractivity contribution in [2.45, 2.75) is 5.88 Å². The van der Waals surface area contributed by atoms with Gasteiger partial charge in [-0.3, -0.25) is 0 Å². The van der Waals surface area contributed by atoms with Gasteiger partial charge in [0.05, 0.1) is 12.5 Å². The molecule has 7 heteroatoms. The van der Waals surface area contributed by atoms with Gasteiger partial charge in [-0.1, -0.05) is 0 Å². The lowest BCUT2D eigenvalue weighted by atomic mass is 10.5. The van der Waals surface area contributed by atoms with Crippen molar-refractivity contribution in [3.8, 4) is 0 Å². The molecule has 0 unspecified atom stereocenters. The van der Waals surface area contributed by atoms with E-state index in [9.17, 15) is 13.2 Å². The van der Waals surface area contributed by atoms with Gasteiger partial charge >= 0.3 is 5.97 Å². The van der Waals surface area contributed by atoms with Crippen molar-refractivity contribution in [2.75, 3.05) is 6.26 Å². The Hall–Kier alpha value is -1.37. The van der Waals surface area contributed by atoms with E-state index in [1.54, 1.807) is 0 Å². The summed E-state index contributed by atoms with van der Waals surface area (Å²) in [6.45, 7) is 0. The van der Waals surface area contributed by atoms with Crippen LogP contribution in [0.15, 0.2) is 12.5 Å². The first-order chi connectivity index (χ1) is 5.90. The molecule has 72 valence electrons. The number of rotatable bonds is 3. The molecule has 0 aliphatic rings. The predicted molar refractivity (Wildman–Crippen MR) is 44.0 cm³/mol. The number of carboxylic acid groups (broad SMARTS) is 1. The summed E-state index contributed by atoms with van der Waals surface area (Å²) >= 11 is 0. The number of imidazole rings is 1. The number of hydrogen-bond acceptors (Lipinski definition) is 4. The van der Waals surface area contributed by atoms with E-state index in [-0.39, 0.29) is 11.6 Å². The average Bonchev–Trinajstić information content (AvgIpc) is 2.31.